The van der Waals surface area contributed by atoms with Crippen molar-refractivity contribution in [2.75, 3.05) is 19.6 Å². The van der Waals surface area contributed by atoms with Gasteiger partial charge in [0.15, 0.2) is 0 Å². The summed E-state index contributed by atoms with van der Waals surface area (Å²) < 4.78 is 32.6. The van der Waals surface area contributed by atoms with Gasteiger partial charge in [-0.2, -0.15) is 0 Å². The average Bonchev–Trinajstić information content (AvgIpc) is 3.83. The highest BCUT2D eigenvalue weighted by atomic mass is 19.1. The molecule has 9 heteroatoms. The highest BCUT2D eigenvalue weighted by Crippen LogP contribution is 2.41. The van der Waals surface area contributed by atoms with E-state index in [1.165, 1.54) is 30.5 Å². The Morgan fingerprint density at radius 2 is 1.82 bits per heavy atom. The lowest BCUT2D eigenvalue weighted by Gasteiger charge is -2.38. The first-order valence-corrected chi connectivity index (χ1v) is 13.3. The molecule has 2 aliphatic carbocycles. The van der Waals surface area contributed by atoms with Crippen LogP contribution in [0.4, 0.5) is 8.78 Å². The average molecular weight is 521 g/mol. The Balaban J connectivity index is 1.13. The van der Waals surface area contributed by atoms with Gasteiger partial charge in [0, 0.05) is 55.3 Å². The van der Waals surface area contributed by atoms with Crippen LogP contribution < -0.4 is 10.6 Å². The largest absolute Gasteiger partial charge is 0.352 e. The first kappa shape index (κ1) is 24.7. The summed E-state index contributed by atoms with van der Waals surface area (Å²) in [5, 5.41) is 9.98. The monoisotopic (exact) mass is 520 g/mol. The van der Waals surface area contributed by atoms with Crippen molar-refractivity contribution in [1.29, 1.82) is 0 Å². The Hall–Kier alpha value is -3.59. The molecular formula is C29H30F2N4O3. The van der Waals surface area contributed by atoms with Crippen LogP contribution in [0.5, 0.6) is 0 Å². The lowest BCUT2D eigenvalue weighted by atomic mass is 9.90. The molecule has 7 nitrogen and oxygen atoms in total. The molecule has 38 heavy (non-hydrogen) atoms. The fraction of sp³-hybridized carbons (Fsp3) is 0.414. The van der Waals surface area contributed by atoms with Crippen molar-refractivity contribution in [3.05, 3.63) is 77.6 Å². The summed E-state index contributed by atoms with van der Waals surface area (Å²) in [5.74, 6) is -1.53. The number of hydrogen-bond acceptors (Lipinski definition) is 5. The molecule has 3 fully saturated rings. The van der Waals surface area contributed by atoms with Gasteiger partial charge in [-0.25, -0.2) is 8.78 Å². The number of likely N-dealkylation sites (tertiary alicyclic amines) is 1. The van der Waals surface area contributed by atoms with Crippen LogP contribution >= 0.6 is 0 Å². The van der Waals surface area contributed by atoms with Crippen LogP contribution in [0, 0.1) is 23.5 Å². The summed E-state index contributed by atoms with van der Waals surface area (Å²) in [6.45, 7) is 2.36. The number of aromatic nitrogens is 1. The first-order chi connectivity index (χ1) is 18.4. The maximum atomic E-state index is 14.2. The second kappa shape index (κ2) is 10.3. The summed E-state index contributed by atoms with van der Waals surface area (Å²) in [7, 11) is 0. The van der Waals surface area contributed by atoms with Gasteiger partial charge >= 0.3 is 0 Å². The molecule has 2 heterocycles. The standard InChI is InChI=1S/C29H30F2N4O3/c30-19-8-9-20(23(31)12-19)26-14-27(38-34-26)29(37)32-24-10-11-35(15-17-6-7-17)16-22(24)28(36)33-25-13-21(25)18-4-2-1-3-5-18/h1-5,8-9,12,14,17,21-22,24-25H,6-7,10-11,13,15-16H2,(H,32,37)(H,33,36)/t21-,22-,24-,25+/m1/s1. The topological polar surface area (TPSA) is 87.5 Å². The normalized spacial score (nSPS) is 25.1. The Morgan fingerprint density at radius 1 is 1.00 bits per heavy atom. The van der Waals surface area contributed by atoms with E-state index in [1.807, 2.05) is 18.2 Å². The molecule has 1 aromatic heterocycles. The molecule has 198 valence electrons. The Kier molecular flexibility index (Phi) is 6.69. The summed E-state index contributed by atoms with van der Waals surface area (Å²) in [5.41, 5.74) is 1.36. The molecule has 2 saturated carbocycles. The van der Waals surface area contributed by atoms with Crippen molar-refractivity contribution in [3.63, 3.8) is 0 Å². The SMILES string of the molecule is O=C(N[C@@H]1CCN(CC2CC2)C[C@H]1C(=O)N[C@H]1C[C@@H]1c1ccccc1)c1cc(-c2ccc(F)cc2F)no1. The van der Waals surface area contributed by atoms with E-state index in [-0.39, 0.29) is 35.0 Å². The van der Waals surface area contributed by atoms with Gasteiger partial charge in [-0.05, 0) is 49.3 Å². The third kappa shape index (κ3) is 5.48. The van der Waals surface area contributed by atoms with Crippen molar-refractivity contribution in [3.8, 4) is 11.3 Å². The molecule has 2 N–H and O–H groups in total. The predicted molar refractivity (Wildman–Crippen MR) is 136 cm³/mol. The summed E-state index contributed by atoms with van der Waals surface area (Å²) in [6, 6.07) is 14.4. The molecule has 2 amide bonds. The van der Waals surface area contributed by atoms with E-state index in [0.717, 1.165) is 31.6 Å². The van der Waals surface area contributed by atoms with Crippen molar-refractivity contribution in [1.82, 2.24) is 20.7 Å². The van der Waals surface area contributed by atoms with Gasteiger partial charge in [-0.1, -0.05) is 35.5 Å². The number of halogens is 2. The van der Waals surface area contributed by atoms with Gasteiger partial charge in [0.25, 0.3) is 5.91 Å². The van der Waals surface area contributed by atoms with Crippen LogP contribution in [-0.4, -0.2) is 53.6 Å². The minimum atomic E-state index is -0.793. The molecule has 0 spiro atoms. The number of carbonyl (C=O) groups excluding carboxylic acids is 2. The summed E-state index contributed by atoms with van der Waals surface area (Å²) >= 11 is 0. The van der Waals surface area contributed by atoms with Crippen molar-refractivity contribution in [2.24, 2.45) is 11.8 Å². The highest BCUT2D eigenvalue weighted by Gasteiger charge is 2.43. The molecule has 1 saturated heterocycles. The maximum Gasteiger partial charge on any atom is 0.290 e. The van der Waals surface area contributed by atoms with E-state index < -0.39 is 23.5 Å². The third-order valence-electron chi connectivity index (χ3n) is 7.85. The summed E-state index contributed by atoms with van der Waals surface area (Å²) in [6.07, 6.45) is 4.01. The van der Waals surface area contributed by atoms with Gasteiger partial charge in [-0.15, -0.1) is 0 Å². The second-order valence-electron chi connectivity index (χ2n) is 10.7. The molecule has 4 atom stereocenters. The Bertz CT molecular complexity index is 1330. The fourth-order valence-electron chi connectivity index (χ4n) is 5.45. The van der Waals surface area contributed by atoms with Crippen molar-refractivity contribution >= 4 is 11.8 Å². The number of nitrogens with one attached hydrogen (secondary N) is 2. The minimum Gasteiger partial charge on any atom is -0.352 e. The van der Waals surface area contributed by atoms with Gasteiger partial charge in [-0.3, -0.25) is 9.59 Å². The van der Waals surface area contributed by atoms with Gasteiger partial charge in [0.1, 0.15) is 17.3 Å². The van der Waals surface area contributed by atoms with E-state index in [9.17, 15) is 18.4 Å². The van der Waals surface area contributed by atoms with Crippen molar-refractivity contribution in [2.45, 2.75) is 43.7 Å². The lowest BCUT2D eigenvalue weighted by molar-refractivity contribution is -0.127. The van der Waals surface area contributed by atoms with Crippen LogP contribution in [-0.2, 0) is 4.79 Å². The Labute approximate surface area is 219 Å². The van der Waals surface area contributed by atoms with E-state index >= 15 is 0 Å². The smallest absolute Gasteiger partial charge is 0.290 e. The zero-order valence-electron chi connectivity index (χ0n) is 20.9. The molecule has 0 bridgehead atoms. The van der Waals surface area contributed by atoms with Crippen LogP contribution in [0.1, 0.15) is 47.7 Å². The Morgan fingerprint density at radius 3 is 2.58 bits per heavy atom. The van der Waals surface area contributed by atoms with E-state index in [2.05, 4.69) is 32.8 Å². The summed E-state index contributed by atoms with van der Waals surface area (Å²) in [4.78, 5) is 28.8. The fourth-order valence-corrected chi connectivity index (χ4v) is 5.45. The number of carbonyl (C=O) groups is 2. The van der Waals surface area contributed by atoms with Gasteiger partial charge in [0.2, 0.25) is 11.7 Å². The number of piperidine rings is 1. The third-order valence-corrected chi connectivity index (χ3v) is 7.85. The van der Waals surface area contributed by atoms with Crippen LogP contribution in [0.25, 0.3) is 11.3 Å². The zero-order valence-corrected chi connectivity index (χ0v) is 20.9. The molecule has 3 aliphatic rings. The van der Waals surface area contributed by atoms with Crippen LogP contribution in [0.3, 0.4) is 0 Å². The molecule has 2 aromatic carbocycles. The number of amides is 2. The zero-order chi connectivity index (χ0) is 26.2. The minimum absolute atomic E-state index is 0.0391. The van der Waals surface area contributed by atoms with Crippen LogP contribution in [0.15, 0.2) is 59.1 Å². The number of nitrogens with zero attached hydrogens (tertiary/aromatic N) is 2. The van der Waals surface area contributed by atoms with E-state index in [1.54, 1.807) is 0 Å². The molecular weight excluding hydrogens is 490 g/mol. The quantitative estimate of drug-likeness (QED) is 0.467. The molecule has 0 radical (unpaired) electrons. The van der Waals surface area contributed by atoms with E-state index in [4.69, 9.17) is 4.52 Å². The predicted octanol–water partition coefficient (Wildman–Crippen LogP) is 4.12. The van der Waals surface area contributed by atoms with Gasteiger partial charge in [0.05, 0.1) is 5.92 Å². The number of hydrogen-bond donors (Lipinski definition) is 2. The van der Waals surface area contributed by atoms with Gasteiger partial charge < -0.3 is 20.1 Å². The van der Waals surface area contributed by atoms with Crippen molar-refractivity contribution < 1.29 is 22.9 Å². The lowest BCUT2D eigenvalue weighted by Crippen LogP contribution is -2.56. The maximum absolute atomic E-state index is 14.2. The number of benzene rings is 2. The van der Waals surface area contributed by atoms with Crippen LogP contribution in [0.2, 0.25) is 0 Å². The second-order valence-corrected chi connectivity index (χ2v) is 10.7. The number of rotatable bonds is 8. The molecule has 1 aliphatic heterocycles. The molecule has 6 rings (SSSR count). The molecule has 3 aromatic rings. The van der Waals surface area contributed by atoms with E-state index in [0.29, 0.717) is 24.8 Å². The highest BCUT2D eigenvalue weighted by molar-refractivity contribution is 5.93. The molecule has 0 unspecified atom stereocenters. The first-order valence-electron chi connectivity index (χ1n) is 13.3.